The molecule has 1 fully saturated rings. The van der Waals surface area contributed by atoms with Gasteiger partial charge in [0.1, 0.15) is 23.7 Å². The van der Waals surface area contributed by atoms with Gasteiger partial charge in [-0.3, -0.25) is 4.79 Å². The topological polar surface area (TPSA) is 47.6 Å². The number of esters is 1. The molecule has 2 rings (SSSR count). The van der Waals surface area contributed by atoms with Crippen molar-refractivity contribution in [2.75, 3.05) is 13.7 Å². The van der Waals surface area contributed by atoms with Gasteiger partial charge in [0, 0.05) is 13.0 Å². The second kappa shape index (κ2) is 5.54. The van der Waals surface area contributed by atoms with Gasteiger partial charge in [-0.1, -0.05) is 11.6 Å². The summed E-state index contributed by atoms with van der Waals surface area (Å²) >= 11 is 5.86. The molecule has 0 aliphatic carbocycles. The highest BCUT2D eigenvalue weighted by Gasteiger charge is 2.31. The largest absolute Gasteiger partial charge is 0.487 e. The van der Waals surface area contributed by atoms with Crippen molar-refractivity contribution < 1.29 is 18.7 Å². The first kappa shape index (κ1) is 13.1. The lowest BCUT2D eigenvalue weighted by molar-refractivity contribution is -0.142. The van der Waals surface area contributed by atoms with E-state index in [2.05, 4.69) is 10.1 Å². The van der Waals surface area contributed by atoms with Crippen molar-refractivity contribution in [1.82, 2.24) is 5.32 Å². The summed E-state index contributed by atoms with van der Waals surface area (Å²) < 4.78 is 23.1. The predicted molar refractivity (Wildman–Crippen MR) is 64.2 cm³/mol. The molecule has 1 heterocycles. The number of carbonyl (C=O) groups is 1. The van der Waals surface area contributed by atoms with E-state index < -0.39 is 5.82 Å². The summed E-state index contributed by atoms with van der Waals surface area (Å²) in [6, 6.07) is 3.58. The summed E-state index contributed by atoms with van der Waals surface area (Å²) in [5.41, 5.74) is 0. The molecule has 1 aliphatic heterocycles. The van der Waals surface area contributed by atoms with E-state index >= 15 is 0 Å². The zero-order valence-electron chi connectivity index (χ0n) is 9.78. The van der Waals surface area contributed by atoms with E-state index in [0.717, 1.165) is 0 Å². The van der Waals surface area contributed by atoms with E-state index in [1.165, 1.54) is 25.3 Å². The molecule has 98 valence electrons. The van der Waals surface area contributed by atoms with E-state index in [-0.39, 0.29) is 23.1 Å². The summed E-state index contributed by atoms with van der Waals surface area (Å²) in [4.78, 5) is 11.3. The van der Waals surface area contributed by atoms with Gasteiger partial charge in [0.25, 0.3) is 0 Å². The third-order valence-corrected chi connectivity index (χ3v) is 3.06. The molecule has 0 amide bonds. The number of benzene rings is 1. The van der Waals surface area contributed by atoms with Crippen molar-refractivity contribution >= 4 is 17.6 Å². The molecular formula is C12H13ClFNO3. The third-order valence-electron chi connectivity index (χ3n) is 2.76. The number of methoxy groups -OCH3 is 1. The van der Waals surface area contributed by atoms with Crippen molar-refractivity contribution in [3.05, 3.63) is 29.0 Å². The number of hydrogen-bond donors (Lipinski definition) is 1. The molecule has 1 N–H and O–H groups in total. The summed E-state index contributed by atoms with van der Waals surface area (Å²) in [6.07, 6.45) is 0.317. The van der Waals surface area contributed by atoms with Gasteiger partial charge in [-0.15, -0.1) is 0 Å². The molecule has 1 aliphatic rings. The molecule has 0 aromatic heterocycles. The van der Waals surface area contributed by atoms with Crippen LogP contribution in [0.25, 0.3) is 0 Å². The average Bonchev–Trinajstić information content (AvgIpc) is 2.80. The maximum Gasteiger partial charge on any atom is 0.323 e. The Hall–Kier alpha value is -1.33. The molecule has 1 saturated heterocycles. The second-order valence-electron chi connectivity index (χ2n) is 4.03. The Balaban J connectivity index is 1.97. The quantitative estimate of drug-likeness (QED) is 0.853. The third kappa shape index (κ3) is 2.91. The minimum Gasteiger partial charge on any atom is -0.487 e. The molecule has 18 heavy (non-hydrogen) atoms. The van der Waals surface area contributed by atoms with Gasteiger partial charge in [0.15, 0.2) is 0 Å². The Bertz CT molecular complexity index is 455. The normalized spacial score (nSPS) is 22.8. The number of nitrogens with one attached hydrogen (secondary N) is 1. The van der Waals surface area contributed by atoms with Crippen molar-refractivity contribution in [2.24, 2.45) is 0 Å². The minimum atomic E-state index is -0.413. The SMILES string of the molecule is COC(=O)[C@@H]1C[C@@H](Oc2ccc(F)cc2Cl)CN1. The van der Waals surface area contributed by atoms with Crippen LogP contribution in [0.2, 0.25) is 5.02 Å². The highest BCUT2D eigenvalue weighted by atomic mass is 35.5. The van der Waals surface area contributed by atoms with Gasteiger partial charge in [0.2, 0.25) is 0 Å². The number of hydrogen-bond acceptors (Lipinski definition) is 4. The molecule has 6 heteroatoms. The van der Waals surface area contributed by atoms with Crippen LogP contribution in [0.1, 0.15) is 6.42 Å². The molecule has 4 nitrogen and oxygen atoms in total. The van der Waals surface area contributed by atoms with Crippen LogP contribution >= 0.6 is 11.6 Å². The molecule has 0 spiro atoms. The molecule has 0 bridgehead atoms. The lowest BCUT2D eigenvalue weighted by Crippen LogP contribution is -2.31. The monoisotopic (exact) mass is 273 g/mol. The van der Waals surface area contributed by atoms with Gasteiger partial charge in [-0.05, 0) is 18.2 Å². The van der Waals surface area contributed by atoms with Gasteiger partial charge in [-0.25, -0.2) is 4.39 Å². The first-order valence-electron chi connectivity index (χ1n) is 5.53. The Morgan fingerprint density at radius 1 is 1.56 bits per heavy atom. The first-order valence-corrected chi connectivity index (χ1v) is 5.91. The Morgan fingerprint density at radius 2 is 2.33 bits per heavy atom. The molecule has 2 atom stereocenters. The molecule has 1 aromatic rings. The maximum atomic E-state index is 12.9. The zero-order valence-corrected chi connectivity index (χ0v) is 10.5. The van der Waals surface area contributed by atoms with Crippen LogP contribution < -0.4 is 10.1 Å². The molecular weight excluding hydrogens is 261 g/mol. The maximum absolute atomic E-state index is 12.9. The standard InChI is InChI=1S/C12H13ClFNO3/c1-17-12(16)10-5-8(6-15-10)18-11-3-2-7(14)4-9(11)13/h2-4,8,10,15H,5-6H2,1H3/t8-,10+/m1/s1. The number of ether oxygens (including phenoxy) is 2. The van der Waals surface area contributed by atoms with Crippen molar-refractivity contribution in [3.63, 3.8) is 0 Å². The van der Waals surface area contributed by atoms with Crippen LogP contribution in [-0.4, -0.2) is 31.8 Å². The summed E-state index contributed by atoms with van der Waals surface area (Å²) in [7, 11) is 1.34. The smallest absolute Gasteiger partial charge is 0.323 e. The van der Waals surface area contributed by atoms with Crippen LogP contribution in [0.4, 0.5) is 4.39 Å². The van der Waals surface area contributed by atoms with E-state index in [9.17, 15) is 9.18 Å². The van der Waals surface area contributed by atoms with Gasteiger partial charge < -0.3 is 14.8 Å². The van der Waals surface area contributed by atoms with E-state index in [4.69, 9.17) is 16.3 Å². The number of rotatable bonds is 3. The van der Waals surface area contributed by atoms with Crippen LogP contribution in [0.5, 0.6) is 5.75 Å². The van der Waals surface area contributed by atoms with Crippen LogP contribution in [-0.2, 0) is 9.53 Å². The zero-order chi connectivity index (χ0) is 13.1. The van der Waals surface area contributed by atoms with Crippen LogP contribution in [0.3, 0.4) is 0 Å². The van der Waals surface area contributed by atoms with Crippen molar-refractivity contribution in [1.29, 1.82) is 0 Å². The molecule has 0 unspecified atom stereocenters. The molecule has 0 radical (unpaired) electrons. The highest BCUT2D eigenvalue weighted by Crippen LogP contribution is 2.27. The van der Waals surface area contributed by atoms with Gasteiger partial charge in [-0.2, -0.15) is 0 Å². The van der Waals surface area contributed by atoms with Gasteiger partial charge in [0.05, 0.1) is 12.1 Å². The average molecular weight is 274 g/mol. The Kier molecular flexibility index (Phi) is 4.04. The number of halogens is 2. The van der Waals surface area contributed by atoms with Crippen molar-refractivity contribution in [2.45, 2.75) is 18.6 Å². The number of carbonyl (C=O) groups excluding carboxylic acids is 1. The van der Waals surface area contributed by atoms with Gasteiger partial charge >= 0.3 is 5.97 Å². The predicted octanol–water partition coefficient (Wildman–Crippen LogP) is 1.76. The minimum absolute atomic E-state index is 0.183. The lowest BCUT2D eigenvalue weighted by Gasteiger charge is -2.13. The fourth-order valence-corrected chi connectivity index (χ4v) is 2.08. The molecule has 0 saturated carbocycles. The highest BCUT2D eigenvalue weighted by molar-refractivity contribution is 6.32. The van der Waals surface area contributed by atoms with E-state index in [0.29, 0.717) is 18.7 Å². The second-order valence-corrected chi connectivity index (χ2v) is 4.44. The fourth-order valence-electron chi connectivity index (χ4n) is 1.87. The van der Waals surface area contributed by atoms with E-state index in [1.54, 1.807) is 0 Å². The Labute approximate surface area is 109 Å². The van der Waals surface area contributed by atoms with Crippen LogP contribution in [0.15, 0.2) is 18.2 Å². The van der Waals surface area contributed by atoms with Crippen molar-refractivity contribution in [3.8, 4) is 5.75 Å². The Morgan fingerprint density at radius 3 is 3.00 bits per heavy atom. The fraction of sp³-hybridized carbons (Fsp3) is 0.417. The summed E-state index contributed by atoms with van der Waals surface area (Å²) in [6.45, 7) is 0.521. The lowest BCUT2D eigenvalue weighted by atomic mass is 10.2. The van der Waals surface area contributed by atoms with E-state index in [1.807, 2.05) is 0 Å². The first-order chi connectivity index (χ1) is 8.60. The summed E-state index contributed by atoms with van der Waals surface area (Å²) in [5, 5.41) is 3.21. The van der Waals surface area contributed by atoms with Crippen LogP contribution in [0, 0.1) is 5.82 Å². The summed E-state index contributed by atoms with van der Waals surface area (Å²) in [5.74, 6) is -0.314. The molecule has 1 aromatic carbocycles.